The van der Waals surface area contributed by atoms with Crippen LogP contribution < -0.4 is 4.90 Å². The largest absolute Gasteiger partial charge is 0.476 e. The van der Waals surface area contributed by atoms with Crippen molar-refractivity contribution >= 4 is 40.0 Å². The van der Waals surface area contributed by atoms with Crippen LogP contribution in [0.15, 0.2) is 0 Å². The van der Waals surface area contributed by atoms with Gasteiger partial charge in [0.15, 0.2) is 16.6 Å². The van der Waals surface area contributed by atoms with Crippen LogP contribution in [0.1, 0.15) is 40.9 Å². The zero-order chi connectivity index (χ0) is 14.2. The summed E-state index contributed by atoms with van der Waals surface area (Å²) in [6.07, 6.45) is 0. The van der Waals surface area contributed by atoms with Crippen molar-refractivity contribution in [2.75, 3.05) is 18.0 Å². The summed E-state index contributed by atoms with van der Waals surface area (Å²) in [4.78, 5) is 29.1. The van der Waals surface area contributed by atoms with Crippen LogP contribution in [0.5, 0.6) is 0 Å². The number of Topliss-reactive ketones (excluding diaryl/α,β-unsaturated/α-hetero) is 1. The number of thioether (sulfide) groups is 1. The zero-order valence-corrected chi connectivity index (χ0v) is 12.7. The van der Waals surface area contributed by atoms with E-state index in [-0.39, 0.29) is 16.4 Å². The van der Waals surface area contributed by atoms with E-state index in [0.29, 0.717) is 15.6 Å². The van der Waals surface area contributed by atoms with Crippen molar-refractivity contribution in [3.05, 3.63) is 10.6 Å². The molecule has 2 rings (SSSR count). The van der Waals surface area contributed by atoms with Gasteiger partial charge in [0.2, 0.25) is 0 Å². The molecule has 5 nitrogen and oxygen atoms in total. The molecule has 7 heteroatoms. The number of hydrogen-bond acceptors (Lipinski definition) is 6. The Kier molecular flexibility index (Phi) is 4.15. The Hall–Kier alpha value is -1.08. The highest BCUT2D eigenvalue weighted by Crippen LogP contribution is 2.32. The lowest BCUT2D eigenvalue weighted by atomic mass is 10.3. The van der Waals surface area contributed by atoms with Crippen LogP contribution >= 0.6 is 23.1 Å². The van der Waals surface area contributed by atoms with Gasteiger partial charge in [-0.1, -0.05) is 25.2 Å². The molecule has 1 N–H and O–H groups in total. The summed E-state index contributed by atoms with van der Waals surface area (Å²) >= 11 is 3.10. The zero-order valence-electron chi connectivity index (χ0n) is 11.0. The normalized spacial score (nSPS) is 23.4. The maximum Gasteiger partial charge on any atom is 0.356 e. The summed E-state index contributed by atoms with van der Waals surface area (Å²) < 4.78 is 0. The van der Waals surface area contributed by atoms with Gasteiger partial charge in [-0.2, -0.15) is 11.8 Å². The first kappa shape index (κ1) is 14.3. The molecule has 2 heterocycles. The van der Waals surface area contributed by atoms with Crippen molar-refractivity contribution in [3.8, 4) is 0 Å². The highest BCUT2D eigenvalue weighted by atomic mass is 32.2. The number of nitrogens with zero attached hydrogens (tertiary/aromatic N) is 2. The van der Waals surface area contributed by atoms with E-state index in [1.54, 1.807) is 0 Å². The first-order valence-corrected chi connectivity index (χ1v) is 7.80. The number of aromatic nitrogens is 1. The molecule has 1 aromatic rings. The molecule has 0 bridgehead atoms. The van der Waals surface area contributed by atoms with Gasteiger partial charge >= 0.3 is 5.97 Å². The molecular weight excluding hydrogens is 284 g/mol. The van der Waals surface area contributed by atoms with E-state index in [9.17, 15) is 9.59 Å². The third-order valence-corrected chi connectivity index (χ3v) is 5.27. The van der Waals surface area contributed by atoms with Crippen LogP contribution in [0, 0.1) is 0 Å². The van der Waals surface area contributed by atoms with E-state index in [1.165, 1.54) is 18.3 Å². The minimum atomic E-state index is -1.14. The van der Waals surface area contributed by atoms with Crippen LogP contribution in [0.2, 0.25) is 0 Å². The third kappa shape index (κ3) is 3.09. The van der Waals surface area contributed by atoms with Crippen molar-refractivity contribution in [1.82, 2.24) is 4.98 Å². The first-order valence-electron chi connectivity index (χ1n) is 6.04. The van der Waals surface area contributed by atoms with Gasteiger partial charge in [-0.05, 0) is 0 Å². The Bertz CT molecular complexity index is 474. The number of carboxylic acid groups (broad SMARTS) is 1. The van der Waals surface area contributed by atoms with Gasteiger partial charge in [0.1, 0.15) is 4.88 Å². The Balaban J connectivity index is 2.32. The molecule has 1 aliphatic heterocycles. The fraction of sp³-hybridized carbons (Fsp3) is 0.583. The van der Waals surface area contributed by atoms with Crippen LogP contribution in [-0.2, 0) is 0 Å². The van der Waals surface area contributed by atoms with E-state index in [1.807, 2.05) is 11.8 Å². The number of hydrogen-bond donors (Lipinski definition) is 1. The topological polar surface area (TPSA) is 70.5 Å². The number of ketones is 1. The third-order valence-electron chi connectivity index (χ3n) is 2.83. The second kappa shape index (κ2) is 5.50. The second-order valence-corrected chi connectivity index (χ2v) is 7.56. The van der Waals surface area contributed by atoms with Crippen LogP contribution in [-0.4, -0.2) is 45.4 Å². The highest BCUT2D eigenvalue weighted by Gasteiger charge is 2.28. The maximum atomic E-state index is 11.5. The molecule has 0 spiro atoms. The Labute approximate surface area is 120 Å². The monoisotopic (exact) mass is 300 g/mol. The molecule has 1 aliphatic rings. The van der Waals surface area contributed by atoms with Crippen molar-refractivity contribution in [2.45, 2.75) is 31.3 Å². The van der Waals surface area contributed by atoms with Gasteiger partial charge < -0.3 is 10.0 Å². The van der Waals surface area contributed by atoms with Crippen molar-refractivity contribution in [3.63, 3.8) is 0 Å². The van der Waals surface area contributed by atoms with Gasteiger partial charge in [-0.3, -0.25) is 4.79 Å². The summed E-state index contributed by atoms with van der Waals surface area (Å²) in [5.74, 6) is -1.38. The summed E-state index contributed by atoms with van der Waals surface area (Å²) in [7, 11) is 0. The number of carbonyl (C=O) groups excluding carboxylic acids is 1. The Morgan fingerprint density at radius 2 is 1.89 bits per heavy atom. The molecule has 2 atom stereocenters. The molecule has 0 saturated carbocycles. The molecule has 0 aliphatic carbocycles. The predicted octanol–water partition coefficient (Wildman–Crippen LogP) is 2.37. The first-order chi connectivity index (χ1) is 8.88. The summed E-state index contributed by atoms with van der Waals surface area (Å²) in [6, 6.07) is 0. The number of thiazole rings is 1. The average Bonchev–Trinajstić information content (AvgIpc) is 2.72. The fourth-order valence-electron chi connectivity index (χ4n) is 2.16. The number of anilines is 1. The Morgan fingerprint density at radius 3 is 2.32 bits per heavy atom. The molecule has 0 aromatic carbocycles. The lowest BCUT2D eigenvalue weighted by molar-refractivity contribution is 0.0687. The minimum Gasteiger partial charge on any atom is -0.476 e. The van der Waals surface area contributed by atoms with Gasteiger partial charge in [-0.25, -0.2) is 9.78 Å². The molecule has 1 fully saturated rings. The van der Waals surface area contributed by atoms with Crippen LogP contribution in [0.25, 0.3) is 0 Å². The molecule has 0 amide bonds. The number of rotatable bonds is 3. The van der Waals surface area contributed by atoms with E-state index in [0.717, 1.165) is 13.1 Å². The molecular formula is C12H16N2O3S2. The fourth-order valence-corrected chi connectivity index (χ4v) is 4.46. The lowest BCUT2D eigenvalue weighted by Gasteiger charge is -2.34. The molecule has 19 heavy (non-hydrogen) atoms. The number of carbonyl (C=O) groups is 2. The molecule has 1 saturated heterocycles. The van der Waals surface area contributed by atoms with E-state index < -0.39 is 5.97 Å². The smallest absolute Gasteiger partial charge is 0.356 e. The average molecular weight is 300 g/mol. The van der Waals surface area contributed by atoms with E-state index in [4.69, 9.17) is 5.11 Å². The van der Waals surface area contributed by atoms with Crippen molar-refractivity contribution in [1.29, 1.82) is 0 Å². The maximum absolute atomic E-state index is 11.5. The van der Waals surface area contributed by atoms with Gasteiger partial charge in [0, 0.05) is 30.5 Å². The standard InChI is InChI=1S/C12H16N2O3S2/c1-6-4-14(5-7(2)18-6)12-13-9(11(16)17)10(19-12)8(3)15/h6-7H,4-5H2,1-3H3,(H,16,17). The van der Waals surface area contributed by atoms with Gasteiger partial charge in [0.25, 0.3) is 0 Å². The minimum absolute atomic E-state index is 0.119. The predicted molar refractivity (Wildman–Crippen MR) is 77.8 cm³/mol. The summed E-state index contributed by atoms with van der Waals surface area (Å²) in [6.45, 7) is 7.33. The van der Waals surface area contributed by atoms with Crippen molar-refractivity contribution < 1.29 is 14.7 Å². The van der Waals surface area contributed by atoms with Crippen LogP contribution in [0.4, 0.5) is 5.13 Å². The quantitative estimate of drug-likeness (QED) is 0.864. The number of carboxylic acids is 1. The molecule has 0 radical (unpaired) electrons. The van der Waals surface area contributed by atoms with Crippen LogP contribution in [0.3, 0.4) is 0 Å². The summed E-state index contributed by atoms with van der Waals surface area (Å²) in [5.41, 5.74) is -0.119. The Morgan fingerprint density at radius 1 is 1.32 bits per heavy atom. The number of aromatic carboxylic acids is 1. The molecule has 2 unspecified atom stereocenters. The highest BCUT2D eigenvalue weighted by molar-refractivity contribution is 8.00. The summed E-state index contributed by atoms with van der Waals surface area (Å²) in [5, 5.41) is 10.7. The van der Waals surface area contributed by atoms with E-state index in [2.05, 4.69) is 23.7 Å². The second-order valence-electron chi connectivity index (χ2n) is 4.70. The van der Waals surface area contributed by atoms with Gasteiger partial charge in [-0.15, -0.1) is 0 Å². The van der Waals surface area contributed by atoms with E-state index >= 15 is 0 Å². The molecule has 1 aromatic heterocycles. The lowest BCUT2D eigenvalue weighted by Crippen LogP contribution is -2.40. The van der Waals surface area contributed by atoms with Gasteiger partial charge in [0.05, 0.1) is 0 Å². The SMILES string of the molecule is CC(=O)c1sc(N2CC(C)SC(C)C2)nc1C(=O)O. The molecule has 104 valence electrons. The van der Waals surface area contributed by atoms with Crippen molar-refractivity contribution in [2.24, 2.45) is 0 Å².